The van der Waals surface area contributed by atoms with E-state index in [0.29, 0.717) is 5.75 Å². The molecule has 0 unspecified atom stereocenters. The van der Waals surface area contributed by atoms with Crippen LogP contribution in [0.4, 0.5) is 0 Å². The lowest BCUT2D eigenvalue weighted by Gasteiger charge is -2.42. The lowest BCUT2D eigenvalue weighted by atomic mass is 9.85. The molecule has 0 radical (unpaired) electrons. The molecule has 2 atom stereocenters. The van der Waals surface area contributed by atoms with Gasteiger partial charge in [-0.2, -0.15) is 0 Å². The van der Waals surface area contributed by atoms with Gasteiger partial charge in [0.1, 0.15) is 5.75 Å². The summed E-state index contributed by atoms with van der Waals surface area (Å²) in [5, 5.41) is 10.4. The van der Waals surface area contributed by atoms with Crippen molar-refractivity contribution in [3.05, 3.63) is 89.0 Å². The third-order valence-electron chi connectivity index (χ3n) is 6.10. The Bertz CT molecular complexity index is 1000. The molecule has 1 aliphatic heterocycles. The van der Waals surface area contributed by atoms with Crippen molar-refractivity contribution in [2.24, 2.45) is 0 Å². The molecule has 4 rings (SSSR count). The van der Waals surface area contributed by atoms with E-state index in [-0.39, 0.29) is 18.7 Å². The Morgan fingerprint density at radius 1 is 0.903 bits per heavy atom. The molecule has 5 heteroatoms. The Morgan fingerprint density at radius 3 is 2.19 bits per heavy atom. The van der Waals surface area contributed by atoms with Crippen LogP contribution in [-0.4, -0.2) is 44.5 Å². The maximum Gasteiger partial charge on any atom is 0.161 e. The minimum Gasteiger partial charge on any atom is -0.497 e. The second kappa shape index (κ2) is 9.41. The van der Waals surface area contributed by atoms with Gasteiger partial charge in [-0.3, -0.25) is 4.90 Å². The monoisotopic (exact) mass is 419 g/mol. The molecule has 0 aromatic heterocycles. The van der Waals surface area contributed by atoms with Crippen LogP contribution in [0.1, 0.15) is 34.3 Å². The normalized spacial score (nSPS) is 17.0. The molecule has 1 heterocycles. The molecular weight excluding hydrogens is 390 g/mol. The molecule has 3 aromatic rings. The molecular formula is C26H29NO4. The summed E-state index contributed by atoms with van der Waals surface area (Å²) in [6.07, 6.45) is 0.867. The van der Waals surface area contributed by atoms with Gasteiger partial charge in [-0.15, -0.1) is 0 Å². The predicted molar refractivity (Wildman–Crippen MR) is 121 cm³/mol. The first-order valence-corrected chi connectivity index (χ1v) is 10.5. The van der Waals surface area contributed by atoms with Crippen LogP contribution in [0, 0.1) is 0 Å². The standard InChI is InChI=1S/C26H29NO4/c1-29-21-11-9-19(10-12-21)26-22-16-25(31-3)24(30-2)15-20(22)13-14-27(26)23(17-28)18-7-5-4-6-8-18/h4-12,15-16,23,26,28H,13-14,17H2,1-3H3/t23-,26-/m0/s1. The van der Waals surface area contributed by atoms with E-state index in [1.54, 1.807) is 21.3 Å². The number of hydrogen-bond acceptors (Lipinski definition) is 5. The minimum absolute atomic E-state index is 0.0354. The number of nitrogens with zero attached hydrogens (tertiary/aromatic N) is 1. The van der Waals surface area contributed by atoms with Crippen molar-refractivity contribution in [2.75, 3.05) is 34.5 Å². The Hall–Kier alpha value is -3.02. The van der Waals surface area contributed by atoms with Crippen molar-refractivity contribution in [3.63, 3.8) is 0 Å². The summed E-state index contributed by atoms with van der Waals surface area (Å²) in [6.45, 7) is 0.860. The molecule has 0 amide bonds. The minimum atomic E-state index is -0.116. The van der Waals surface area contributed by atoms with Gasteiger partial charge in [-0.1, -0.05) is 42.5 Å². The molecule has 3 aromatic carbocycles. The number of aliphatic hydroxyl groups is 1. The molecule has 0 saturated carbocycles. The molecule has 0 saturated heterocycles. The highest BCUT2D eigenvalue weighted by atomic mass is 16.5. The quantitative estimate of drug-likeness (QED) is 0.615. The lowest BCUT2D eigenvalue weighted by Crippen LogP contribution is -2.40. The van der Waals surface area contributed by atoms with Crippen molar-refractivity contribution in [3.8, 4) is 17.2 Å². The number of methoxy groups -OCH3 is 3. The fraction of sp³-hybridized carbons (Fsp3) is 0.308. The van der Waals surface area contributed by atoms with Crippen LogP contribution >= 0.6 is 0 Å². The third kappa shape index (κ3) is 4.11. The second-order valence-electron chi connectivity index (χ2n) is 7.68. The highest BCUT2D eigenvalue weighted by Gasteiger charge is 2.35. The number of benzene rings is 3. The van der Waals surface area contributed by atoms with Gasteiger partial charge < -0.3 is 19.3 Å². The van der Waals surface area contributed by atoms with Crippen molar-refractivity contribution in [1.82, 2.24) is 4.90 Å². The molecule has 5 nitrogen and oxygen atoms in total. The van der Waals surface area contributed by atoms with Crippen LogP contribution in [0.2, 0.25) is 0 Å². The molecule has 0 aliphatic carbocycles. The average Bonchev–Trinajstić information content (AvgIpc) is 2.84. The molecule has 162 valence electrons. The second-order valence-corrected chi connectivity index (χ2v) is 7.68. The van der Waals surface area contributed by atoms with Crippen LogP contribution in [-0.2, 0) is 6.42 Å². The summed E-state index contributed by atoms with van der Waals surface area (Å²) in [7, 11) is 5.00. The molecule has 0 fully saturated rings. The van der Waals surface area contributed by atoms with Crippen molar-refractivity contribution >= 4 is 0 Å². The summed E-state index contributed by atoms with van der Waals surface area (Å²) < 4.78 is 16.5. The first kappa shape index (κ1) is 21.2. The van der Waals surface area contributed by atoms with Gasteiger partial charge >= 0.3 is 0 Å². The van der Waals surface area contributed by atoms with E-state index in [1.165, 1.54) is 11.1 Å². The van der Waals surface area contributed by atoms with Crippen LogP contribution in [0.25, 0.3) is 0 Å². The van der Waals surface area contributed by atoms with Gasteiger partial charge in [0.15, 0.2) is 11.5 Å². The smallest absolute Gasteiger partial charge is 0.161 e. The summed E-state index contributed by atoms with van der Waals surface area (Å²) in [5.41, 5.74) is 4.65. The van der Waals surface area contributed by atoms with Gasteiger partial charge in [0, 0.05) is 6.54 Å². The highest BCUT2D eigenvalue weighted by molar-refractivity contribution is 5.52. The van der Waals surface area contributed by atoms with E-state index in [4.69, 9.17) is 14.2 Å². The van der Waals surface area contributed by atoms with Crippen LogP contribution in [0.5, 0.6) is 17.2 Å². The zero-order valence-corrected chi connectivity index (χ0v) is 18.2. The Balaban J connectivity index is 1.85. The molecule has 0 spiro atoms. The van der Waals surface area contributed by atoms with E-state index >= 15 is 0 Å². The number of ether oxygens (including phenoxy) is 3. The summed E-state index contributed by atoms with van der Waals surface area (Å²) >= 11 is 0. The van der Waals surface area contributed by atoms with E-state index in [9.17, 15) is 5.11 Å². The molecule has 0 bridgehead atoms. The Morgan fingerprint density at radius 2 is 1.58 bits per heavy atom. The van der Waals surface area contributed by atoms with E-state index in [1.807, 2.05) is 30.3 Å². The van der Waals surface area contributed by atoms with Crippen molar-refractivity contribution in [2.45, 2.75) is 18.5 Å². The van der Waals surface area contributed by atoms with E-state index in [0.717, 1.165) is 35.6 Å². The van der Waals surface area contributed by atoms with Gasteiger partial charge in [-0.05, 0) is 52.9 Å². The van der Waals surface area contributed by atoms with E-state index in [2.05, 4.69) is 41.3 Å². The zero-order valence-electron chi connectivity index (χ0n) is 18.2. The first-order valence-electron chi connectivity index (χ1n) is 10.5. The van der Waals surface area contributed by atoms with Crippen molar-refractivity contribution in [1.29, 1.82) is 0 Å². The van der Waals surface area contributed by atoms with Gasteiger partial charge in [0.2, 0.25) is 0 Å². The molecule has 31 heavy (non-hydrogen) atoms. The number of hydrogen-bond donors (Lipinski definition) is 1. The maximum absolute atomic E-state index is 10.4. The SMILES string of the molecule is COc1ccc([C@H]2c3cc(OC)c(OC)cc3CCN2[C@@H](CO)c2ccccc2)cc1. The van der Waals surface area contributed by atoms with Crippen LogP contribution < -0.4 is 14.2 Å². The first-order chi connectivity index (χ1) is 15.2. The Labute approximate surface area is 183 Å². The fourth-order valence-corrected chi connectivity index (χ4v) is 4.54. The number of rotatable bonds is 7. The van der Waals surface area contributed by atoms with E-state index < -0.39 is 0 Å². The lowest BCUT2D eigenvalue weighted by molar-refractivity contribution is 0.0901. The van der Waals surface area contributed by atoms with Crippen molar-refractivity contribution < 1.29 is 19.3 Å². The number of aliphatic hydroxyl groups excluding tert-OH is 1. The van der Waals surface area contributed by atoms with Gasteiger partial charge in [0.05, 0.1) is 40.0 Å². The Kier molecular flexibility index (Phi) is 6.44. The highest BCUT2D eigenvalue weighted by Crippen LogP contribution is 2.44. The number of fused-ring (bicyclic) bond motifs is 1. The summed E-state index contributed by atoms with van der Waals surface area (Å²) in [4.78, 5) is 2.38. The molecule has 1 aliphatic rings. The average molecular weight is 420 g/mol. The van der Waals surface area contributed by atoms with Gasteiger partial charge in [-0.25, -0.2) is 0 Å². The van der Waals surface area contributed by atoms with Crippen LogP contribution in [0.15, 0.2) is 66.7 Å². The third-order valence-corrected chi connectivity index (χ3v) is 6.10. The molecule has 1 N–H and O–H groups in total. The largest absolute Gasteiger partial charge is 0.497 e. The summed E-state index contributed by atoms with van der Waals surface area (Å²) in [6, 6.07) is 22.4. The predicted octanol–water partition coefficient (Wildman–Crippen LogP) is 4.39. The fourth-order valence-electron chi connectivity index (χ4n) is 4.54. The zero-order chi connectivity index (χ0) is 21.8. The van der Waals surface area contributed by atoms with Gasteiger partial charge in [0.25, 0.3) is 0 Å². The maximum atomic E-state index is 10.4. The van der Waals surface area contributed by atoms with Crippen LogP contribution in [0.3, 0.4) is 0 Å². The summed E-state index contributed by atoms with van der Waals surface area (Å²) in [5.74, 6) is 2.27. The topological polar surface area (TPSA) is 51.2 Å².